The molecule has 1 heterocycles. The van der Waals surface area contributed by atoms with E-state index < -0.39 is 12.2 Å². The molecule has 29 heavy (non-hydrogen) atoms. The standard InChI is InChI=1S/C23H26N2O4/c1-18-9-8-14-25(23(27)29-17-20-12-6-3-7-13-20)15-21(18)24-22(26)28-16-19-10-4-2-5-11-19/h2-7,10-13,21H,1,8-9,14-17H2,(H,24,26). The Morgan fingerprint density at radius 3 is 2.17 bits per heavy atom. The normalized spacial score (nSPS) is 16.6. The molecule has 3 rings (SSSR count). The second kappa shape index (κ2) is 10.3. The first-order valence-corrected chi connectivity index (χ1v) is 9.72. The Hall–Kier alpha value is -3.28. The highest BCUT2D eigenvalue weighted by Gasteiger charge is 2.26. The van der Waals surface area contributed by atoms with Crippen LogP contribution in [0.2, 0.25) is 0 Å². The summed E-state index contributed by atoms with van der Waals surface area (Å²) in [6.45, 7) is 5.34. The van der Waals surface area contributed by atoms with Crippen LogP contribution in [0.5, 0.6) is 0 Å². The summed E-state index contributed by atoms with van der Waals surface area (Å²) in [5.74, 6) is 0. The van der Waals surface area contributed by atoms with Gasteiger partial charge in [-0.1, -0.05) is 72.8 Å². The molecule has 0 spiro atoms. The zero-order valence-electron chi connectivity index (χ0n) is 16.4. The lowest BCUT2D eigenvalue weighted by atomic mass is 10.1. The third kappa shape index (κ3) is 6.38. The first-order valence-electron chi connectivity index (χ1n) is 9.72. The predicted molar refractivity (Wildman–Crippen MR) is 110 cm³/mol. The first kappa shape index (κ1) is 20.5. The molecule has 2 aromatic carbocycles. The van der Waals surface area contributed by atoms with Crippen LogP contribution in [0.3, 0.4) is 0 Å². The summed E-state index contributed by atoms with van der Waals surface area (Å²) in [7, 11) is 0. The lowest BCUT2D eigenvalue weighted by Crippen LogP contribution is -2.45. The highest BCUT2D eigenvalue weighted by Crippen LogP contribution is 2.17. The van der Waals surface area contributed by atoms with Crippen molar-refractivity contribution < 1.29 is 19.1 Å². The van der Waals surface area contributed by atoms with Gasteiger partial charge in [-0.05, 0) is 24.0 Å². The predicted octanol–water partition coefficient (Wildman–Crippen LogP) is 4.27. The molecule has 6 nitrogen and oxygen atoms in total. The van der Waals surface area contributed by atoms with Gasteiger partial charge in [0.05, 0.1) is 6.04 Å². The van der Waals surface area contributed by atoms with Crippen LogP contribution in [0.25, 0.3) is 0 Å². The number of rotatable bonds is 5. The van der Waals surface area contributed by atoms with E-state index in [4.69, 9.17) is 9.47 Å². The van der Waals surface area contributed by atoms with Crippen LogP contribution in [0.1, 0.15) is 24.0 Å². The number of alkyl carbamates (subject to hydrolysis) is 1. The van der Waals surface area contributed by atoms with Crippen molar-refractivity contribution in [2.75, 3.05) is 13.1 Å². The van der Waals surface area contributed by atoms with Gasteiger partial charge in [-0.3, -0.25) is 0 Å². The number of nitrogens with one attached hydrogen (secondary N) is 1. The maximum atomic E-state index is 12.5. The third-order valence-electron chi connectivity index (χ3n) is 4.79. The van der Waals surface area contributed by atoms with Gasteiger partial charge in [0.1, 0.15) is 13.2 Å². The second-order valence-corrected chi connectivity index (χ2v) is 7.01. The molecule has 1 N–H and O–H groups in total. The fourth-order valence-electron chi connectivity index (χ4n) is 3.14. The zero-order valence-corrected chi connectivity index (χ0v) is 16.4. The summed E-state index contributed by atoms with van der Waals surface area (Å²) in [6.07, 6.45) is 0.579. The second-order valence-electron chi connectivity index (χ2n) is 7.01. The van der Waals surface area contributed by atoms with E-state index in [-0.39, 0.29) is 19.3 Å². The van der Waals surface area contributed by atoms with Gasteiger partial charge in [-0.25, -0.2) is 9.59 Å². The average Bonchev–Trinajstić information content (AvgIpc) is 2.93. The minimum Gasteiger partial charge on any atom is -0.445 e. The maximum absolute atomic E-state index is 12.5. The lowest BCUT2D eigenvalue weighted by molar-refractivity contribution is 0.0936. The number of ether oxygens (including phenoxy) is 2. The summed E-state index contributed by atoms with van der Waals surface area (Å²) >= 11 is 0. The van der Waals surface area contributed by atoms with Crippen molar-refractivity contribution in [3.8, 4) is 0 Å². The summed E-state index contributed by atoms with van der Waals surface area (Å²) in [5, 5.41) is 2.83. The molecule has 0 radical (unpaired) electrons. The molecule has 1 fully saturated rings. The van der Waals surface area contributed by atoms with E-state index in [0.29, 0.717) is 13.1 Å². The number of benzene rings is 2. The fourth-order valence-corrected chi connectivity index (χ4v) is 3.14. The Labute approximate surface area is 171 Å². The van der Waals surface area contributed by atoms with Crippen molar-refractivity contribution in [1.29, 1.82) is 0 Å². The van der Waals surface area contributed by atoms with Crippen molar-refractivity contribution in [2.45, 2.75) is 32.1 Å². The monoisotopic (exact) mass is 394 g/mol. The maximum Gasteiger partial charge on any atom is 0.410 e. The molecule has 1 saturated heterocycles. The van der Waals surface area contributed by atoms with Gasteiger partial charge in [-0.15, -0.1) is 0 Å². The molecular formula is C23H26N2O4. The topological polar surface area (TPSA) is 67.9 Å². The number of carbonyl (C=O) groups is 2. The van der Waals surface area contributed by atoms with Gasteiger partial charge in [-0.2, -0.15) is 0 Å². The van der Waals surface area contributed by atoms with Crippen molar-refractivity contribution in [3.63, 3.8) is 0 Å². The van der Waals surface area contributed by atoms with E-state index in [1.54, 1.807) is 4.90 Å². The van der Waals surface area contributed by atoms with Crippen molar-refractivity contribution >= 4 is 12.2 Å². The minimum absolute atomic E-state index is 0.189. The van der Waals surface area contributed by atoms with E-state index >= 15 is 0 Å². The van der Waals surface area contributed by atoms with Gasteiger partial charge in [0.15, 0.2) is 0 Å². The van der Waals surface area contributed by atoms with Crippen LogP contribution in [-0.4, -0.2) is 36.2 Å². The number of amides is 2. The number of nitrogens with zero attached hydrogens (tertiary/aromatic N) is 1. The molecule has 2 amide bonds. The Morgan fingerprint density at radius 2 is 1.55 bits per heavy atom. The Morgan fingerprint density at radius 1 is 0.966 bits per heavy atom. The third-order valence-corrected chi connectivity index (χ3v) is 4.79. The highest BCUT2D eigenvalue weighted by atomic mass is 16.6. The van der Waals surface area contributed by atoms with Gasteiger partial charge in [0, 0.05) is 13.1 Å². The minimum atomic E-state index is -0.528. The van der Waals surface area contributed by atoms with Crippen LogP contribution >= 0.6 is 0 Å². The van der Waals surface area contributed by atoms with E-state index in [9.17, 15) is 9.59 Å². The van der Waals surface area contributed by atoms with Crippen molar-refractivity contribution in [3.05, 3.63) is 83.9 Å². The van der Waals surface area contributed by atoms with Gasteiger partial charge < -0.3 is 19.7 Å². The molecule has 2 aromatic rings. The molecule has 1 unspecified atom stereocenters. The Kier molecular flexibility index (Phi) is 7.28. The number of hydrogen-bond acceptors (Lipinski definition) is 4. The number of likely N-dealkylation sites (tertiary alicyclic amines) is 1. The van der Waals surface area contributed by atoms with Gasteiger partial charge in [0.2, 0.25) is 0 Å². The van der Waals surface area contributed by atoms with Crippen LogP contribution in [0, 0.1) is 0 Å². The van der Waals surface area contributed by atoms with Crippen LogP contribution in [0.15, 0.2) is 72.8 Å². The quantitative estimate of drug-likeness (QED) is 0.769. The molecule has 0 aromatic heterocycles. The Balaban J connectivity index is 1.51. The van der Waals surface area contributed by atoms with Crippen LogP contribution < -0.4 is 5.32 Å². The number of carbonyl (C=O) groups excluding carboxylic acids is 2. The van der Waals surface area contributed by atoms with E-state index in [1.807, 2.05) is 60.7 Å². The molecule has 6 heteroatoms. The summed E-state index contributed by atoms with van der Waals surface area (Å²) in [4.78, 5) is 26.3. The Bertz CT molecular complexity index is 823. The fraction of sp³-hybridized carbons (Fsp3) is 0.304. The molecule has 1 atom stereocenters. The lowest BCUT2D eigenvalue weighted by Gasteiger charge is -2.25. The van der Waals surface area contributed by atoms with Crippen molar-refractivity contribution in [1.82, 2.24) is 10.2 Å². The van der Waals surface area contributed by atoms with Gasteiger partial charge >= 0.3 is 12.2 Å². The van der Waals surface area contributed by atoms with E-state index in [0.717, 1.165) is 29.5 Å². The van der Waals surface area contributed by atoms with Crippen LogP contribution in [0.4, 0.5) is 9.59 Å². The van der Waals surface area contributed by atoms with E-state index in [1.165, 1.54) is 0 Å². The molecule has 1 aliphatic rings. The molecule has 0 bridgehead atoms. The molecular weight excluding hydrogens is 368 g/mol. The highest BCUT2D eigenvalue weighted by molar-refractivity contribution is 5.70. The first-order chi connectivity index (χ1) is 14.1. The SMILES string of the molecule is C=C1CCCN(C(=O)OCc2ccccc2)CC1NC(=O)OCc1ccccc1. The molecule has 1 aliphatic heterocycles. The number of hydrogen-bond donors (Lipinski definition) is 1. The molecule has 152 valence electrons. The zero-order chi connectivity index (χ0) is 20.5. The van der Waals surface area contributed by atoms with E-state index in [2.05, 4.69) is 11.9 Å². The largest absolute Gasteiger partial charge is 0.445 e. The molecule has 0 saturated carbocycles. The van der Waals surface area contributed by atoms with Crippen LogP contribution in [-0.2, 0) is 22.7 Å². The van der Waals surface area contributed by atoms with Crippen molar-refractivity contribution in [2.24, 2.45) is 0 Å². The molecule has 0 aliphatic carbocycles. The van der Waals surface area contributed by atoms with Gasteiger partial charge in [0.25, 0.3) is 0 Å². The summed E-state index contributed by atoms with van der Waals surface area (Å²) in [5.41, 5.74) is 2.72. The smallest absolute Gasteiger partial charge is 0.410 e. The summed E-state index contributed by atoms with van der Waals surface area (Å²) < 4.78 is 10.7. The average molecular weight is 394 g/mol. The summed E-state index contributed by atoms with van der Waals surface area (Å²) in [6, 6.07) is 18.6.